The molecule has 1 aromatic rings. The second kappa shape index (κ2) is 4.07. The molecule has 72 valence electrons. The molecule has 0 fully saturated rings. The van der Waals surface area contributed by atoms with E-state index in [0.29, 0.717) is 17.0 Å². The van der Waals surface area contributed by atoms with E-state index in [4.69, 9.17) is 16.7 Å². The molecule has 0 saturated carbocycles. The average molecular weight is 203 g/mol. The minimum absolute atomic E-state index is 0.317. The lowest BCUT2D eigenvalue weighted by molar-refractivity contribution is 0.195. The van der Waals surface area contributed by atoms with Gasteiger partial charge < -0.3 is 5.11 Å². The summed E-state index contributed by atoms with van der Waals surface area (Å²) in [6.07, 6.45) is -0.0464. The third kappa shape index (κ3) is 2.68. The van der Waals surface area contributed by atoms with Crippen molar-refractivity contribution < 1.29 is 9.50 Å². The van der Waals surface area contributed by atoms with Gasteiger partial charge in [0.2, 0.25) is 0 Å². The van der Waals surface area contributed by atoms with E-state index in [9.17, 15) is 4.39 Å². The summed E-state index contributed by atoms with van der Waals surface area (Å²) in [6.45, 7) is 3.29. The molecular weight excluding hydrogens is 191 g/mol. The normalized spacial score (nSPS) is 13.0. The van der Waals surface area contributed by atoms with Crippen LogP contribution in [0.3, 0.4) is 0 Å². The van der Waals surface area contributed by atoms with Gasteiger partial charge in [0.15, 0.2) is 0 Å². The Morgan fingerprint density at radius 3 is 2.62 bits per heavy atom. The maximum absolute atomic E-state index is 13.1. The van der Waals surface area contributed by atoms with E-state index in [1.54, 1.807) is 19.9 Å². The molecule has 1 N–H and O–H groups in total. The lowest BCUT2D eigenvalue weighted by Crippen LogP contribution is -2.04. The Balaban J connectivity index is 2.99. The second-order valence-electron chi connectivity index (χ2n) is 3.24. The number of hydrogen-bond acceptors (Lipinski definition) is 1. The Kier molecular flexibility index (Phi) is 3.28. The fourth-order valence-corrected chi connectivity index (χ4v) is 1.39. The average Bonchev–Trinajstić information content (AvgIpc) is 1.98. The molecule has 1 nitrogen and oxygen atoms in total. The van der Waals surface area contributed by atoms with Crippen molar-refractivity contribution in [3.63, 3.8) is 0 Å². The van der Waals surface area contributed by atoms with Crippen LogP contribution in [-0.2, 0) is 6.42 Å². The summed E-state index contributed by atoms with van der Waals surface area (Å²) in [5.41, 5.74) is 1.18. The van der Waals surface area contributed by atoms with Crippen LogP contribution < -0.4 is 0 Å². The van der Waals surface area contributed by atoms with Gasteiger partial charge in [-0.2, -0.15) is 0 Å². The Bertz CT molecular complexity index is 287. The van der Waals surface area contributed by atoms with Crippen LogP contribution in [-0.4, -0.2) is 11.2 Å². The Labute approximate surface area is 82.2 Å². The van der Waals surface area contributed by atoms with Gasteiger partial charge in [-0.15, -0.1) is 0 Å². The highest BCUT2D eigenvalue weighted by Gasteiger charge is 2.06. The molecule has 0 aliphatic heterocycles. The van der Waals surface area contributed by atoms with Gasteiger partial charge in [0, 0.05) is 10.6 Å². The van der Waals surface area contributed by atoms with Crippen LogP contribution in [0, 0.1) is 12.7 Å². The standard InChI is InChI=1S/C10H12ClFO/c1-6(13)3-8-4-9(11)7(2)10(12)5-8/h4-6,13H,3H2,1-2H3. The van der Waals surface area contributed by atoms with Crippen LogP contribution in [0.25, 0.3) is 0 Å². The molecule has 3 heteroatoms. The van der Waals surface area contributed by atoms with Gasteiger partial charge in [0.25, 0.3) is 0 Å². The SMILES string of the molecule is Cc1c(F)cc(CC(C)O)cc1Cl. The summed E-state index contributed by atoms with van der Waals surface area (Å²) in [5.74, 6) is -0.317. The van der Waals surface area contributed by atoms with E-state index in [-0.39, 0.29) is 5.82 Å². The number of benzene rings is 1. The van der Waals surface area contributed by atoms with E-state index in [1.807, 2.05) is 0 Å². The fourth-order valence-electron chi connectivity index (χ4n) is 1.16. The van der Waals surface area contributed by atoms with Crippen molar-refractivity contribution >= 4 is 11.6 Å². The number of aliphatic hydroxyl groups excluding tert-OH is 1. The quantitative estimate of drug-likeness (QED) is 0.782. The molecule has 1 unspecified atom stereocenters. The van der Waals surface area contributed by atoms with Crippen LogP contribution in [0.15, 0.2) is 12.1 Å². The number of hydrogen-bond donors (Lipinski definition) is 1. The summed E-state index contributed by atoms with van der Waals surface area (Å²) in [5, 5.41) is 9.50. The van der Waals surface area contributed by atoms with Gasteiger partial charge in [0.1, 0.15) is 5.82 Å². The molecule has 0 radical (unpaired) electrons. The second-order valence-corrected chi connectivity index (χ2v) is 3.64. The molecule has 0 saturated heterocycles. The van der Waals surface area contributed by atoms with Gasteiger partial charge in [-0.05, 0) is 38.0 Å². The van der Waals surface area contributed by atoms with E-state index >= 15 is 0 Å². The molecular formula is C10H12ClFO. The summed E-state index contributed by atoms with van der Waals surface area (Å²) < 4.78 is 13.1. The first-order valence-electron chi connectivity index (χ1n) is 4.13. The topological polar surface area (TPSA) is 20.2 Å². The molecule has 0 bridgehead atoms. The molecule has 0 heterocycles. The zero-order valence-corrected chi connectivity index (χ0v) is 8.40. The molecule has 1 aromatic carbocycles. The third-order valence-corrected chi connectivity index (χ3v) is 2.26. The fraction of sp³-hybridized carbons (Fsp3) is 0.400. The number of rotatable bonds is 2. The highest BCUT2D eigenvalue weighted by atomic mass is 35.5. The molecule has 0 aliphatic carbocycles. The predicted molar refractivity (Wildman–Crippen MR) is 51.5 cm³/mol. The van der Waals surface area contributed by atoms with Crippen LogP contribution >= 0.6 is 11.6 Å². The largest absolute Gasteiger partial charge is 0.393 e. The molecule has 13 heavy (non-hydrogen) atoms. The van der Waals surface area contributed by atoms with Crippen molar-refractivity contribution in [2.24, 2.45) is 0 Å². The van der Waals surface area contributed by atoms with Crippen molar-refractivity contribution in [1.82, 2.24) is 0 Å². The first kappa shape index (κ1) is 10.5. The minimum Gasteiger partial charge on any atom is -0.393 e. The Morgan fingerprint density at radius 2 is 2.15 bits per heavy atom. The highest BCUT2D eigenvalue weighted by molar-refractivity contribution is 6.31. The smallest absolute Gasteiger partial charge is 0.127 e. The Hall–Kier alpha value is -0.600. The van der Waals surface area contributed by atoms with Gasteiger partial charge in [-0.3, -0.25) is 0 Å². The van der Waals surface area contributed by atoms with Gasteiger partial charge in [0.05, 0.1) is 6.10 Å². The number of halogens is 2. The Morgan fingerprint density at radius 1 is 1.54 bits per heavy atom. The lowest BCUT2D eigenvalue weighted by Gasteiger charge is -2.07. The zero-order chi connectivity index (χ0) is 10.0. The molecule has 0 spiro atoms. The molecule has 0 aromatic heterocycles. The van der Waals surface area contributed by atoms with Crippen molar-refractivity contribution in [1.29, 1.82) is 0 Å². The van der Waals surface area contributed by atoms with E-state index in [2.05, 4.69) is 0 Å². The monoisotopic (exact) mass is 202 g/mol. The van der Waals surface area contributed by atoms with Crippen LogP contribution in [0.1, 0.15) is 18.1 Å². The van der Waals surface area contributed by atoms with Crippen LogP contribution in [0.4, 0.5) is 4.39 Å². The molecule has 0 amide bonds. The van der Waals surface area contributed by atoms with Gasteiger partial charge in [-0.25, -0.2) is 4.39 Å². The van der Waals surface area contributed by atoms with Crippen LogP contribution in [0.5, 0.6) is 0 Å². The van der Waals surface area contributed by atoms with Gasteiger partial charge in [-0.1, -0.05) is 11.6 Å². The van der Waals surface area contributed by atoms with Crippen molar-refractivity contribution in [2.75, 3.05) is 0 Å². The highest BCUT2D eigenvalue weighted by Crippen LogP contribution is 2.21. The molecule has 0 aliphatic rings. The van der Waals surface area contributed by atoms with Crippen LogP contribution in [0.2, 0.25) is 5.02 Å². The molecule has 1 rings (SSSR count). The summed E-state index contributed by atoms with van der Waals surface area (Å²) in [4.78, 5) is 0. The summed E-state index contributed by atoms with van der Waals surface area (Å²) in [6, 6.07) is 3.10. The van der Waals surface area contributed by atoms with Crippen molar-refractivity contribution in [3.8, 4) is 0 Å². The first-order valence-corrected chi connectivity index (χ1v) is 4.51. The third-order valence-electron chi connectivity index (χ3n) is 1.87. The molecule has 1 atom stereocenters. The van der Waals surface area contributed by atoms with Gasteiger partial charge >= 0.3 is 0 Å². The summed E-state index contributed by atoms with van der Waals surface area (Å²) in [7, 11) is 0. The van der Waals surface area contributed by atoms with E-state index in [1.165, 1.54) is 6.07 Å². The summed E-state index contributed by atoms with van der Waals surface area (Å²) >= 11 is 5.78. The predicted octanol–water partition coefficient (Wildman–Crippen LogP) is 2.71. The number of aliphatic hydroxyl groups is 1. The zero-order valence-electron chi connectivity index (χ0n) is 7.64. The van der Waals surface area contributed by atoms with E-state index in [0.717, 1.165) is 5.56 Å². The maximum Gasteiger partial charge on any atom is 0.127 e. The first-order chi connectivity index (χ1) is 6.00. The maximum atomic E-state index is 13.1. The van der Waals surface area contributed by atoms with Crippen molar-refractivity contribution in [3.05, 3.63) is 34.1 Å². The minimum atomic E-state index is -0.474. The van der Waals surface area contributed by atoms with Crippen molar-refractivity contribution in [2.45, 2.75) is 26.4 Å². The lowest BCUT2D eigenvalue weighted by atomic mass is 10.1. The van der Waals surface area contributed by atoms with E-state index < -0.39 is 6.10 Å².